The Morgan fingerprint density at radius 2 is 0.960 bits per heavy atom. The van der Waals surface area contributed by atoms with Crippen LogP contribution in [0.3, 0.4) is 0 Å². The van der Waals surface area contributed by atoms with Gasteiger partial charge in [0.15, 0.2) is 0 Å². The third-order valence-corrected chi connectivity index (χ3v) is 7.45. The fourth-order valence-electron chi connectivity index (χ4n) is 3.54. The highest BCUT2D eigenvalue weighted by Crippen LogP contribution is 2.18. The molecule has 0 aliphatic carbocycles. The van der Waals surface area contributed by atoms with Gasteiger partial charge >= 0.3 is 0 Å². The minimum atomic E-state index is -1.72. The summed E-state index contributed by atoms with van der Waals surface area (Å²) in [6.45, 7) is 8.12. The Morgan fingerprint density at radius 1 is 0.640 bits per heavy atom. The maximum absolute atomic E-state index is 11.0. The minimum absolute atomic E-state index is 0.104. The third-order valence-electron chi connectivity index (χ3n) is 5.05. The summed E-state index contributed by atoms with van der Waals surface area (Å²) in [4.78, 5) is 11.0. The lowest BCUT2D eigenvalue weighted by Gasteiger charge is -2.21. The van der Waals surface area contributed by atoms with Crippen LogP contribution in [0, 0.1) is 0 Å². The molecule has 3 heteroatoms. The Balaban J connectivity index is 3.18. The normalized spacial score (nSPS) is 11.7. The van der Waals surface area contributed by atoms with Crippen molar-refractivity contribution in [1.82, 2.24) is 0 Å². The van der Waals surface area contributed by atoms with Crippen LogP contribution in [0.5, 0.6) is 0 Å². The van der Waals surface area contributed by atoms with Gasteiger partial charge in [-0.2, -0.15) is 0 Å². The Labute approximate surface area is 159 Å². The molecule has 0 amide bonds. The predicted molar refractivity (Wildman–Crippen MR) is 114 cm³/mol. The fourth-order valence-corrected chi connectivity index (χ4v) is 5.52. The molecule has 0 aromatic heterocycles. The second kappa shape index (κ2) is 17.1. The zero-order chi connectivity index (χ0) is 18.8. The Morgan fingerprint density at radius 3 is 1.28 bits per heavy atom. The first-order chi connectivity index (χ1) is 12.0. The second-order valence-electron chi connectivity index (χ2n) is 8.41. The van der Waals surface area contributed by atoms with E-state index in [1.54, 1.807) is 0 Å². The fraction of sp³-hybridized carbons (Fsp3) is 0.955. The summed E-state index contributed by atoms with van der Waals surface area (Å²) in [5, 5.41) is 0. The van der Waals surface area contributed by atoms with Gasteiger partial charge in [-0.25, -0.2) is 0 Å². The molecule has 0 spiro atoms. The smallest absolute Gasteiger partial charge is 0.289 e. The largest absolute Gasteiger partial charge is 0.520 e. The summed E-state index contributed by atoms with van der Waals surface area (Å²) in [5.41, 5.74) is 0. The Bertz CT molecular complexity index is 302. The quantitative estimate of drug-likeness (QED) is 0.180. The molecule has 0 radical (unpaired) electrons. The van der Waals surface area contributed by atoms with Crippen molar-refractivity contribution in [2.75, 3.05) is 0 Å². The molecule has 0 bridgehead atoms. The SMILES string of the molecule is CCCCCCCCCCCCCCCCCC[Si](C)(C)OC(C)=O. The van der Waals surface area contributed by atoms with E-state index in [-0.39, 0.29) is 5.97 Å². The highest BCUT2D eigenvalue weighted by Gasteiger charge is 2.24. The predicted octanol–water partition coefficient (Wildman–Crippen LogP) is 8.02. The monoisotopic (exact) mass is 370 g/mol. The van der Waals surface area contributed by atoms with Gasteiger partial charge in [-0.1, -0.05) is 110 Å². The number of unbranched alkanes of at least 4 members (excludes halogenated alkanes) is 15. The second-order valence-corrected chi connectivity index (χ2v) is 12.6. The summed E-state index contributed by atoms with van der Waals surface area (Å²) < 4.78 is 5.46. The van der Waals surface area contributed by atoms with Gasteiger partial charge in [-0.3, -0.25) is 4.79 Å². The van der Waals surface area contributed by atoms with E-state index in [9.17, 15) is 4.79 Å². The number of hydrogen-bond acceptors (Lipinski definition) is 2. The van der Waals surface area contributed by atoms with Gasteiger partial charge < -0.3 is 4.43 Å². The van der Waals surface area contributed by atoms with Crippen LogP contribution in [-0.4, -0.2) is 14.3 Å². The number of rotatable bonds is 18. The molecule has 0 rings (SSSR count). The molecular weight excluding hydrogens is 324 g/mol. The van der Waals surface area contributed by atoms with Gasteiger partial charge in [0.05, 0.1) is 0 Å². The molecule has 0 aromatic rings. The third kappa shape index (κ3) is 19.9. The molecule has 0 fully saturated rings. The molecule has 0 aromatic carbocycles. The van der Waals surface area contributed by atoms with Crippen LogP contribution in [-0.2, 0) is 9.22 Å². The molecule has 0 N–H and O–H groups in total. The van der Waals surface area contributed by atoms with Crippen LogP contribution < -0.4 is 0 Å². The van der Waals surface area contributed by atoms with Gasteiger partial charge in [0, 0.05) is 6.92 Å². The van der Waals surface area contributed by atoms with E-state index in [2.05, 4.69) is 20.0 Å². The lowest BCUT2D eigenvalue weighted by Crippen LogP contribution is -2.32. The molecule has 0 heterocycles. The van der Waals surface area contributed by atoms with E-state index in [0.29, 0.717) is 0 Å². The summed E-state index contributed by atoms with van der Waals surface area (Å²) in [6.07, 6.45) is 22.4. The summed E-state index contributed by atoms with van der Waals surface area (Å²) in [6, 6.07) is 1.12. The van der Waals surface area contributed by atoms with Gasteiger partial charge in [-0.05, 0) is 19.1 Å². The van der Waals surface area contributed by atoms with Crippen molar-refractivity contribution >= 4 is 14.3 Å². The minimum Gasteiger partial charge on any atom is -0.520 e. The van der Waals surface area contributed by atoms with Crippen LogP contribution >= 0.6 is 0 Å². The highest BCUT2D eigenvalue weighted by atomic mass is 28.4. The summed E-state index contributed by atoms with van der Waals surface area (Å²) in [5.74, 6) is -0.104. The maximum Gasteiger partial charge on any atom is 0.289 e. The van der Waals surface area contributed by atoms with Gasteiger partial charge in [0.25, 0.3) is 5.97 Å². The average Bonchev–Trinajstić information content (AvgIpc) is 2.53. The molecule has 0 aliphatic heterocycles. The summed E-state index contributed by atoms with van der Waals surface area (Å²) >= 11 is 0. The zero-order valence-electron chi connectivity index (χ0n) is 17.8. The van der Waals surface area contributed by atoms with Crippen molar-refractivity contribution in [3.8, 4) is 0 Å². The number of carbonyl (C=O) groups excluding carboxylic acids is 1. The van der Waals surface area contributed by atoms with Crippen LogP contribution in [0.4, 0.5) is 0 Å². The van der Waals surface area contributed by atoms with Crippen LogP contribution in [0.1, 0.15) is 117 Å². The first-order valence-electron chi connectivity index (χ1n) is 11.2. The lowest BCUT2D eigenvalue weighted by molar-refractivity contribution is -0.132. The molecule has 0 atom stereocenters. The van der Waals surface area contributed by atoms with Crippen molar-refractivity contribution < 1.29 is 9.22 Å². The maximum atomic E-state index is 11.0. The van der Waals surface area contributed by atoms with Crippen LogP contribution in [0.2, 0.25) is 19.1 Å². The van der Waals surface area contributed by atoms with Gasteiger partial charge in [-0.15, -0.1) is 0 Å². The summed E-state index contributed by atoms with van der Waals surface area (Å²) in [7, 11) is -1.72. The molecule has 0 saturated heterocycles. The number of hydrogen-bond donors (Lipinski definition) is 0. The molecule has 25 heavy (non-hydrogen) atoms. The average molecular weight is 371 g/mol. The van der Waals surface area contributed by atoms with E-state index >= 15 is 0 Å². The van der Waals surface area contributed by atoms with E-state index in [1.165, 1.54) is 110 Å². The van der Waals surface area contributed by atoms with Crippen LogP contribution in [0.15, 0.2) is 0 Å². The zero-order valence-corrected chi connectivity index (χ0v) is 18.8. The number of carbonyl (C=O) groups is 1. The van der Waals surface area contributed by atoms with Crippen molar-refractivity contribution in [1.29, 1.82) is 0 Å². The first kappa shape index (κ1) is 24.7. The molecular formula is C22H46O2Si. The lowest BCUT2D eigenvalue weighted by atomic mass is 10.0. The molecule has 0 saturated carbocycles. The van der Waals surface area contributed by atoms with Crippen molar-refractivity contribution in [2.45, 2.75) is 136 Å². The topological polar surface area (TPSA) is 26.3 Å². The Kier molecular flexibility index (Phi) is 16.9. The Hall–Kier alpha value is -0.313. The standard InChI is InChI=1S/C22H46O2Si/c1-5-6-7-8-9-10-11-12-13-14-15-16-17-18-19-20-21-25(3,4)24-22(2)23/h5-21H2,1-4H3. The molecule has 2 nitrogen and oxygen atoms in total. The molecule has 0 aliphatic rings. The van der Waals surface area contributed by atoms with E-state index in [1.807, 2.05) is 0 Å². The first-order valence-corrected chi connectivity index (χ1v) is 14.3. The molecule has 150 valence electrons. The van der Waals surface area contributed by atoms with Crippen molar-refractivity contribution in [3.05, 3.63) is 0 Å². The van der Waals surface area contributed by atoms with Gasteiger partial charge in [0.1, 0.15) is 0 Å². The van der Waals surface area contributed by atoms with E-state index in [4.69, 9.17) is 4.43 Å². The van der Waals surface area contributed by atoms with Crippen molar-refractivity contribution in [2.24, 2.45) is 0 Å². The van der Waals surface area contributed by atoms with E-state index < -0.39 is 8.32 Å². The van der Waals surface area contributed by atoms with Crippen molar-refractivity contribution in [3.63, 3.8) is 0 Å². The van der Waals surface area contributed by atoms with E-state index in [0.717, 1.165) is 6.04 Å². The van der Waals surface area contributed by atoms with Crippen LogP contribution in [0.25, 0.3) is 0 Å². The highest BCUT2D eigenvalue weighted by molar-refractivity contribution is 6.72. The van der Waals surface area contributed by atoms with Gasteiger partial charge in [0.2, 0.25) is 8.32 Å². The molecule has 0 unspecified atom stereocenters.